The van der Waals surface area contributed by atoms with E-state index >= 15 is 0 Å². The summed E-state index contributed by atoms with van der Waals surface area (Å²) in [4.78, 5) is 0. The molecule has 0 amide bonds. The highest BCUT2D eigenvalue weighted by Gasteiger charge is 2.60. The van der Waals surface area contributed by atoms with Crippen molar-refractivity contribution in [2.24, 2.45) is 40.4 Å². The quantitative estimate of drug-likeness (QED) is 0.713. The summed E-state index contributed by atoms with van der Waals surface area (Å²) >= 11 is 0. The van der Waals surface area contributed by atoms with Crippen LogP contribution in [0.1, 0.15) is 65.7 Å². The second-order valence-electron chi connectivity index (χ2n) is 9.65. The molecule has 2 unspecified atom stereocenters. The van der Waals surface area contributed by atoms with E-state index in [4.69, 9.17) is 0 Å². The molecular weight excluding hydrogens is 270 g/mol. The van der Waals surface area contributed by atoms with Crippen molar-refractivity contribution >= 4 is 0 Å². The van der Waals surface area contributed by atoms with Crippen molar-refractivity contribution in [2.45, 2.75) is 71.8 Å². The van der Waals surface area contributed by atoms with E-state index in [1.165, 1.54) is 51.6 Å². The first-order chi connectivity index (χ1) is 10.5. The number of hydrogen-bond donors (Lipinski definition) is 2. The molecule has 8 atom stereocenters. The van der Waals surface area contributed by atoms with Crippen molar-refractivity contribution in [3.05, 3.63) is 0 Å². The van der Waals surface area contributed by atoms with Gasteiger partial charge < -0.3 is 10.4 Å². The third-order valence-electron chi connectivity index (χ3n) is 8.84. The molecule has 0 bridgehead atoms. The summed E-state index contributed by atoms with van der Waals surface area (Å²) in [5, 5.41) is 14.3. The van der Waals surface area contributed by atoms with Gasteiger partial charge in [-0.05, 0) is 98.5 Å². The largest absolute Gasteiger partial charge is 0.393 e. The zero-order valence-corrected chi connectivity index (χ0v) is 14.8. The molecule has 2 nitrogen and oxygen atoms in total. The van der Waals surface area contributed by atoms with Crippen LogP contribution < -0.4 is 5.32 Å². The number of aliphatic hydroxyl groups excluding tert-OH is 1. The fourth-order valence-corrected chi connectivity index (χ4v) is 7.48. The van der Waals surface area contributed by atoms with Crippen molar-refractivity contribution in [3.63, 3.8) is 0 Å². The molecule has 4 fully saturated rings. The monoisotopic (exact) mass is 305 g/mol. The topological polar surface area (TPSA) is 32.3 Å². The van der Waals surface area contributed by atoms with Gasteiger partial charge in [0.1, 0.15) is 0 Å². The summed E-state index contributed by atoms with van der Waals surface area (Å²) in [6, 6.07) is 0. The highest BCUT2D eigenvalue weighted by molar-refractivity contribution is 5.10. The Morgan fingerprint density at radius 2 is 1.77 bits per heavy atom. The fraction of sp³-hybridized carbons (Fsp3) is 1.00. The molecule has 1 heterocycles. The number of aliphatic hydroxyl groups is 1. The van der Waals surface area contributed by atoms with Gasteiger partial charge in [-0.15, -0.1) is 0 Å². The van der Waals surface area contributed by atoms with E-state index in [0.717, 1.165) is 36.0 Å². The van der Waals surface area contributed by atoms with Gasteiger partial charge >= 0.3 is 0 Å². The van der Waals surface area contributed by atoms with Crippen LogP contribution in [0, 0.1) is 40.4 Å². The van der Waals surface area contributed by atoms with Crippen LogP contribution in [0.3, 0.4) is 0 Å². The fourth-order valence-electron chi connectivity index (χ4n) is 7.48. The molecule has 4 aliphatic rings. The first-order valence-electron chi connectivity index (χ1n) is 9.85. The first-order valence-corrected chi connectivity index (χ1v) is 9.85. The zero-order valence-electron chi connectivity index (χ0n) is 14.8. The molecule has 0 aromatic carbocycles. The van der Waals surface area contributed by atoms with E-state index < -0.39 is 0 Å². The lowest BCUT2D eigenvalue weighted by molar-refractivity contribution is -0.130. The van der Waals surface area contributed by atoms with Crippen LogP contribution in [0.4, 0.5) is 0 Å². The van der Waals surface area contributed by atoms with Gasteiger partial charge in [-0.1, -0.05) is 20.8 Å². The van der Waals surface area contributed by atoms with E-state index in [-0.39, 0.29) is 11.5 Å². The van der Waals surface area contributed by atoms with Gasteiger partial charge in [-0.2, -0.15) is 0 Å². The number of nitrogens with one attached hydrogen (secondary N) is 1. The van der Waals surface area contributed by atoms with Crippen LogP contribution in [0.15, 0.2) is 0 Å². The van der Waals surface area contributed by atoms with E-state index in [0.29, 0.717) is 5.41 Å². The second kappa shape index (κ2) is 5.21. The predicted molar refractivity (Wildman–Crippen MR) is 90.5 cm³/mol. The first kappa shape index (κ1) is 15.4. The molecular formula is C20H35NO. The molecule has 3 saturated carbocycles. The normalized spacial score (nSPS) is 58.4. The lowest BCUT2D eigenvalue weighted by Crippen LogP contribution is -2.55. The minimum Gasteiger partial charge on any atom is -0.393 e. The maximum atomic E-state index is 10.6. The smallest absolute Gasteiger partial charge is 0.0596 e. The molecule has 1 saturated heterocycles. The minimum atomic E-state index is -0.0352. The van der Waals surface area contributed by atoms with E-state index in [9.17, 15) is 5.11 Å². The van der Waals surface area contributed by atoms with Crippen molar-refractivity contribution in [3.8, 4) is 0 Å². The van der Waals surface area contributed by atoms with Crippen LogP contribution >= 0.6 is 0 Å². The Kier molecular flexibility index (Phi) is 3.66. The number of rotatable bonds is 0. The molecule has 22 heavy (non-hydrogen) atoms. The van der Waals surface area contributed by atoms with Crippen molar-refractivity contribution in [2.75, 3.05) is 13.1 Å². The lowest BCUT2D eigenvalue weighted by atomic mass is 9.44. The Hall–Kier alpha value is -0.0800. The Morgan fingerprint density at radius 3 is 2.59 bits per heavy atom. The standard InChI is InChI=1S/C20H35NO/c1-13-11-14-12-21-10-4-8-19(14,2)16-7-9-20(3)15(18(13)16)5-6-17(20)22/h13-18,21-22H,4-12H2,1-3H3/t13-,14?,15+,16+,17?,18+,19+,20+/m1/s1. The minimum absolute atomic E-state index is 0.0352. The summed E-state index contributed by atoms with van der Waals surface area (Å²) < 4.78 is 0. The molecule has 0 radical (unpaired) electrons. The highest BCUT2D eigenvalue weighted by atomic mass is 16.3. The highest BCUT2D eigenvalue weighted by Crippen LogP contribution is 2.66. The summed E-state index contributed by atoms with van der Waals surface area (Å²) in [7, 11) is 0. The molecule has 3 aliphatic carbocycles. The van der Waals surface area contributed by atoms with Crippen LogP contribution in [-0.4, -0.2) is 24.3 Å². The third kappa shape index (κ3) is 1.99. The Morgan fingerprint density at radius 1 is 1.00 bits per heavy atom. The van der Waals surface area contributed by atoms with Crippen LogP contribution in [0.5, 0.6) is 0 Å². The molecule has 2 N–H and O–H groups in total. The predicted octanol–water partition coefficient (Wildman–Crippen LogP) is 3.84. The van der Waals surface area contributed by atoms with Gasteiger partial charge in [0, 0.05) is 0 Å². The molecule has 0 aromatic rings. The average molecular weight is 306 g/mol. The molecule has 0 spiro atoms. The van der Waals surface area contributed by atoms with Crippen LogP contribution in [0.2, 0.25) is 0 Å². The lowest BCUT2D eigenvalue weighted by Gasteiger charge is -2.60. The molecule has 2 heteroatoms. The maximum absolute atomic E-state index is 10.6. The SMILES string of the molecule is C[C@@H]1CC2CNCCC[C@]2(C)[C@H]2CC[C@]3(C)C(O)CC[C@H]3[C@H]12. The van der Waals surface area contributed by atoms with Crippen LogP contribution in [-0.2, 0) is 0 Å². The Labute approximate surface area is 136 Å². The maximum Gasteiger partial charge on any atom is 0.0596 e. The zero-order chi connectivity index (χ0) is 15.5. The van der Waals surface area contributed by atoms with Gasteiger partial charge in [-0.3, -0.25) is 0 Å². The van der Waals surface area contributed by atoms with Gasteiger partial charge in [-0.25, -0.2) is 0 Å². The average Bonchev–Trinajstić information content (AvgIpc) is 2.66. The summed E-state index contributed by atoms with van der Waals surface area (Å²) in [6.45, 7) is 10.0. The second-order valence-corrected chi connectivity index (χ2v) is 9.65. The van der Waals surface area contributed by atoms with E-state index in [1.807, 2.05) is 0 Å². The molecule has 126 valence electrons. The Balaban J connectivity index is 1.69. The molecule has 4 rings (SSSR count). The number of hydrogen-bond acceptors (Lipinski definition) is 2. The van der Waals surface area contributed by atoms with Gasteiger partial charge in [0.15, 0.2) is 0 Å². The molecule has 0 aromatic heterocycles. The third-order valence-corrected chi connectivity index (χ3v) is 8.84. The van der Waals surface area contributed by atoms with E-state index in [2.05, 4.69) is 26.1 Å². The van der Waals surface area contributed by atoms with Crippen LogP contribution in [0.25, 0.3) is 0 Å². The molecule has 1 aliphatic heterocycles. The number of fused-ring (bicyclic) bond motifs is 5. The van der Waals surface area contributed by atoms with Crippen molar-refractivity contribution < 1.29 is 5.11 Å². The Bertz CT molecular complexity index is 437. The van der Waals surface area contributed by atoms with Gasteiger partial charge in [0.05, 0.1) is 6.10 Å². The summed E-state index contributed by atoms with van der Waals surface area (Å²) in [5.41, 5.74) is 0.775. The van der Waals surface area contributed by atoms with Gasteiger partial charge in [0.25, 0.3) is 0 Å². The van der Waals surface area contributed by atoms with Crippen molar-refractivity contribution in [1.29, 1.82) is 0 Å². The van der Waals surface area contributed by atoms with Gasteiger partial charge in [0.2, 0.25) is 0 Å². The van der Waals surface area contributed by atoms with Crippen molar-refractivity contribution in [1.82, 2.24) is 5.32 Å². The summed E-state index contributed by atoms with van der Waals surface area (Å²) in [5.74, 6) is 4.28. The van der Waals surface area contributed by atoms with E-state index in [1.54, 1.807) is 0 Å². The summed E-state index contributed by atoms with van der Waals surface area (Å²) in [6.07, 6.45) is 9.12.